The first-order valence-electron chi connectivity index (χ1n) is 5.48. The van der Waals surface area contributed by atoms with Gasteiger partial charge in [0.2, 0.25) is 0 Å². The maximum Gasteiger partial charge on any atom is 0.130 e. The minimum atomic E-state index is 0.949. The van der Waals surface area contributed by atoms with Crippen molar-refractivity contribution in [2.45, 2.75) is 30.7 Å². The van der Waals surface area contributed by atoms with Crippen molar-refractivity contribution in [1.29, 1.82) is 0 Å². The van der Waals surface area contributed by atoms with Crippen LogP contribution in [0.5, 0.6) is 0 Å². The fourth-order valence-electron chi connectivity index (χ4n) is 1.56. The lowest BCUT2D eigenvalue weighted by Crippen LogP contribution is -2.03. The van der Waals surface area contributed by atoms with Gasteiger partial charge in [0.15, 0.2) is 0 Å². The van der Waals surface area contributed by atoms with Crippen molar-refractivity contribution in [1.82, 2.24) is 9.97 Å². The lowest BCUT2D eigenvalue weighted by Gasteiger charge is -2.05. The molecule has 0 spiro atoms. The quantitative estimate of drug-likeness (QED) is 0.457. The van der Waals surface area contributed by atoms with Crippen molar-refractivity contribution in [2.24, 2.45) is 5.92 Å². The Morgan fingerprint density at radius 1 is 1.47 bits per heavy atom. The van der Waals surface area contributed by atoms with Gasteiger partial charge in [-0.05, 0) is 25.0 Å². The molecule has 1 N–H and O–H groups in total. The lowest BCUT2D eigenvalue weighted by atomic mass is 10.2. The fourth-order valence-corrected chi connectivity index (χ4v) is 1.94. The Morgan fingerprint density at radius 2 is 2.33 bits per heavy atom. The van der Waals surface area contributed by atoms with Gasteiger partial charge in [-0.15, -0.1) is 11.8 Å². The van der Waals surface area contributed by atoms with E-state index in [0.717, 1.165) is 23.3 Å². The summed E-state index contributed by atoms with van der Waals surface area (Å²) in [5, 5.41) is 4.36. The molecular weight excluding hydrogens is 206 g/mol. The molecule has 1 aromatic heterocycles. The summed E-state index contributed by atoms with van der Waals surface area (Å²) in [5.74, 6) is 1.98. The average molecular weight is 223 g/mol. The lowest BCUT2D eigenvalue weighted by molar-refractivity contribution is 0.686. The average Bonchev–Trinajstić information content (AvgIpc) is 3.09. The third-order valence-corrected chi connectivity index (χ3v) is 3.28. The Balaban J connectivity index is 1.71. The van der Waals surface area contributed by atoms with E-state index in [1.807, 2.05) is 12.3 Å². The summed E-state index contributed by atoms with van der Waals surface area (Å²) >= 11 is 1.65. The number of nitrogens with zero attached hydrogens (tertiary/aromatic N) is 2. The molecular formula is C11H17N3S. The van der Waals surface area contributed by atoms with Crippen molar-refractivity contribution >= 4 is 17.6 Å². The van der Waals surface area contributed by atoms with Gasteiger partial charge in [-0.25, -0.2) is 9.97 Å². The molecule has 3 nitrogen and oxygen atoms in total. The Bertz CT molecular complexity index is 312. The molecule has 82 valence electrons. The van der Waals surface area contributed by atoms with Crippen LogP contribution in [0.2, 0.25) is 0 Å². The van der Waals surface area contributed by atoms with E-state index in [1.165, 1.54) is 25.7 Å². The van der Waals surface area contributed by atoms with E-state index in [2.05, 4.69) is 15.3 Å². The van der Waals surface area contributed by atoms with Gasteiger partial charge in [-0.3, -0.25) is 0 Å². The monoisotopic (exact) mass is 223 g/mol. The van der Waals surface area contributed by atoms with E-state index < -0.39 is 0 Å². The summed E-state index contributed by atoms with van der Waals surface area (Å²) < 4.78 is 0. The predicted octanol–water partition coefficient (Wildman–Crippen LogP) is 2.80. The topological polar surface area (TPSA) is 37.8 Å². The Hall–Kier alpha value is -0.770. The molecule has 0 aromatic carbocycles. The zero-order valence-electron chi connectivity index (χ0n) is 9.07. The first-order chi connectivity index (χ1) is 7.38. The van der Waals surface area contributed by atoms with Crippen LogP contribution in [-0.4, -0.2) is 22.8 Å². The largest absolute Gasteiger partial charge is 0.370 e. The molecule has 15 heavy (non-hydrogen) atoms. The summed E-state index contributed by atoms with van der Waals surface area (Å²) in [6.07, 6.45) is 9.17. The normalized spacial score (nSPS) is 15.3. The molecule has 1 heterocycles. The van der Waals surface area contributed by atoms with E-state index >= 15 is 0 Å². The Labute approximate surface area is 95.1 Å². The molecule has 0 radical (unpaired) electrons. The van der Waals surface area contributed by atoms with Crippen LogP contribution >= 0.6 is 11.8 Å². The first kappa shape index (κ1) is 10.7. The molecule has 0 amide bonds. The van der Waals surface area contributed by atoms with E-state index in [1.54, 1.807) is 18.1 Å². The summed E-state index contributed by atoms with van der Waals surface area (Å²) in [6.45, 7) is 1.03. The third-order valence-electron chi connectivity index (χ3n) is 2.64. The highest BCUT2D eigenvalue weighted by Crippen LogP contribution is 2.33. The summed E-state index contributed by atoms with van der Waals surface area (Å²) in [5.41, 5.74) is 0. The number of hydrogen-bond acceptors (Lipinski definition) is 4. The van der Waals surface area contributed by atoms with Gasteiger partial charge < -0.3 is 5.32 Å². The Morgan fingerprint density at radius 3 is 3.07 bits per heavy atom. The Kier molecular flexibility index (Phi) is 3.83. The highest BCUT2D eigenvalue weighted by Gasteiger charge is 2.19. The van der Waals surface area contributed by atoms with Crippen LogP contribution in [0.3, 0.4) is 0 Å². The second-order valence-electron chi connectivity index (χ2n) is 3.96. The second-order valence-corrected chi connectivity index (χ2v) is 4.78. The summed E-state index contributed by atoms with van der Waals surface area (Å²) in [6, 6.07) is 2.00. The number of aromatic nitrogens is 2. The zero-order chi connectivity index (χ0) is 10.5. The summed E-state index contributed by atoms with van der Waals surface area (Å²) in [4.78, 5) is 8.32. The van der Waals surface area contributed by atoms with Gasteiger partial charge in [0.05, 0.1) is 0 Å². The number of hydrogen-bond donors (Lipinski definition) is 1. The highest BCUT2D eigenvalue weighted by atomic mass is 32.2. The van der Waals surface area contributed by atoms with E-state index in [9.17, 15) is 0 Å². The molecule has 1 aliphatic rings. The fraction of sp³-hybridized carbons (Fsp3) is 0.636. The highest BCUT2D eigenvalue weighted by molar-refractivity contribution is 7.98. The molecule has 0 unspecified atom stereocenters. The summed E-state index contributed by atoms with van der Waals surface area (Å²) in [7, 11) is 0. The van der Waals surface area contributed by atoms with E-state index in [-0.39, 0.29) is 0 Å². The predicted molar refractivity (Wildman–Crippen MR) is 64.3 cm³/mol. The van der Waals surface area contributed by atoms with Crippen LogP contribution in [0.4, 0.5) is 5.82 Å². The number of anilines is 1. The van der Waals surface area contributed by atoms with Gasteiger partial charge in [-0.1, -0.05) is 12.8 Å². The van der Waals surface area contributed by atoms with Crippen LogP contribution in [-0.2, 0) is 0 Å². The zero-order valence-corrected chi connectivity index (χ0v) is 9.89. The van der Waals surface area contributed by atoms with Gasteiger partial charge in [-0.2, -0.15) is 0 Å². The van der Waals surface area contributed by atoms with Gasteiger partial charge >= 0.3 is 0 Å². The van der Waals surface area contributed by atoms with Gasteiger partial charge in [0.25, 0.3) is 0 Å². The number of rotatable bonds is 6. The number of thioether (sulfide) groups is 1. The van der Waals surface area contributed by atoms with Crippen molar-refractivity contribution in [3.8, 4) is 0 Å². The first-order valence-corrected chi connectivity index (χ1v) is 6.71. The van der Waals surface area contributed by atoms with E-state index in [0.29, 0.717) is 0 Å². The molecule has 0 aliphatic heterocycles. The number of nitrogens with one attached hydrogen (secondary N) is 1. The minimum absolute atomic E-state index is 0.949. The van der Waals surface area contributed by atoms with Crippen LogP contribution in [0, 0.1) is 5.92 Å². The molecule has 0 bridgehead atoms. The molecule has 1 saturated carbocycles. The van der Waals surface area contributed by atoms with Crippen LogP contribution in [0.1, 0.15) is 25.7 Å². The molecule has 0 saturated heterocycles. The van der Waals surface area contributed by atoms with Crippen LogP contribution < -0.4 is 5.32 Å². The minimum Gasteiger partial charge on any atom is -0.370 e. The van der Waals surface area contributed by atoms with E-state index in [4.69, 9.17) is 0 Å². The third kappa shape index (κ3) is 3.70. The molecule has 2 rings (SSSR count). The van der Waals surface area contributed by atoms with Crippen molar-refractivity contribution < 1.29 is 0 Å². The molecule has 1 fully saturated rings. The van der Waals surface area contributed by atoms with Crippen molar-refractivity contribution in [3.05, 3.63) is 12.4 Å². The van der Waals surface area contributed by atoms with Gasteiger partial charge in [0.1, 0.15) is 17.2 Å². The standard InChI is InChI=1S/C11H17N3S/c1-15-11-7-10(13-8-14-11)12-6-2-3-9-4-5-9/h7-9H,2-6H2,1H3,(H,12,13,14). The van der Waals surface area contributed by atoms with Crippen molar-refractivity contribution in [3.63, 3.8) is 0 Å². The van der Waals surface area contributed by atoms with Gasteiger partial charge in [0, 0.05) is 12.6 Å². The molecule has 1 aliphatic carbocycles. The molecule has 1 aromatic rings. The van der Waals surface area contributed by atoms with Crippen LogP contribution in [0.25, 0.3) is 0 Å². The van der Waals surface area contributed by atoms with Crippen molar-refractivity contribution in [2.75, 3.05) is 18.1 Å². The molecule has 4 heteroatoms. The second kappa shape index (κ2) is 5.35. The molecule has 0 atom stereocenters. The van der Waals surface area contributed by atoms with Crippen LogP contribution in [0.15, 0.2) is 17.4 Å². The SMILES string of the molecule is CSc1cc(NCCCC2CC2)ncn1. The smallest absolute Gasteiger partial charge is 0.130 e. The maximum absolute atomic E-state index is 4.18. The maximum atomic E-state index is 4.18.